The van der Waals surface area contributed by atoms with Crippen LogP contribution in [0.25, 0.3) is 11.0 Å². The SMILES string of the molecule is CCC(CC)NC(=O)COC(=O)c1oc2c(Cl)cccc2c1C. The van der Waals surface area contributed by atoms with Crippen molar-refractivity contribution >= 4 is 34.4 Å². The van der Waals surface area contributed by atoms with Gasteiger partial charge in [0.1, 0.15) is 0 Å². The number of rotatable bonds is 6. The van der Waals surface area contributed by atoms with E-state index in [1.807, 2.05) is 19.9 Å². The number of hydrogen-bond acceptors (Lipinski definition) is 4. The Morgan fingerprint density at radius 2 is 2.00 bits per heavy atom. The summed E-state index contributed by atoms with van der Waals surface area (Å²) in [5.74, 6) is -0.920. The molecular weight excluding hydrogens is 318 g/mol. The Morgan fingerprint density at radius 1 is 1.30 bits per heavy atom. The van der Waals surface area contributed by atoms with Crippen molar-refractivity contribution in [3.63, 3.8) is 0 Å². The van der Waals surface area contributed by atoms with Gasteiger partial charge in [0, 0.05) is 17.0 Å². The first kappa shape index (κ1) is 17.3. The van der Waals surface area contributed by atoms with Crippen molar-refractivity contribution in [2.45, 2.75) is 39.7 Å². The van der Waals surface area contributed by atoms with Gasteiger partial charge in [-0.25, -0.2) is 4.79 Å². The molecule has 1 amide bonds. The number of para-hydroxylation sites is 1. The Morgan fingerprint density at radius 3 is 2.61 bits per heavy atom. The van der Waals surface area contributed by atoms with Gasteiger partial charge in [0.15, 0.2) is 12.2 Å². The first-order valence-corrected chi connectivity index (χ1v) is 7.99. The molecule has 0 bridgehead atoms. The number of halogens is 1. The number of carbonyl (C=O) groups is 2. The highest BCUT2D eigenvalue weighted by molar-refractivity contribution is 6.35. The molecule has 0 aliphatic rings. The molecular formula is C17H20ClNO4. The zero-order chi connectivity index (χ0) is 17.0. The Kier molecular flexibility index (Phi) is 5.66. The highest BCUT2D eigenvalue weighted by Gasteiger charge is 2.21. The molecule has 2 rings (SSSR count). The fourth-order valence-electron chi connectivity index (χ4n) is 2.36. The van der Waals surface area contributed by atoms with Crippen molar-refractivity contribution in [2.75, 3.05) is 6.61 Å². The van der Waals surface area contributed by atoms with Crippen molar-refractivity contribution in [1.29, 1.82) is 0 Å². The monoisotopic (exact) mass is 337 g/mol. The summed E-state index contributed by atoms with van der Waals surface area (Å²) in [6.07, 6.45) is 1.66. The summed E-state index contributed by atoms with van der Waals surface area (Å²) in [4.78, 5) is 23.9. The Balaban J connectivity index is 2.05. The number of fused-ring (bicyclic) bond motifs is 1. The highest BCUT2D eigenvalue weighted by atomic mass is 35.5. The molecule has 23 heavy (non-hydrogen) atoms. The molecule has 1 aromatic carbocycles. The van der Waals surface area contributed by atoms with E-state index in [0.29, 0.717) is 16.2 Å². The van der Waals surface area contributed by atoms with Gasteiger partial charge >= 0.3 is 5.97 Å². The van der Waals surface area contributed by atoms with Crippen LogP contribution in [-0.4, -0.2) is 24.5 Å². The Bertz CT molecular complexity index is 719. The highest BCUT2D eigenvalue weighted by Crippen LogP contribution is 2.30. The molecule has 1 heterocycles. The topological polar surface area (TPSA) is 68.5 Å². The van der Waals surface area contributed by atoms with Crippen LogP contribution in [0, 0.1) is 6.92 Å². The van der Waals surface area contributed by atoms with Crippen LogP contribution >= 0.6 is 11.6 Å². The number of ether oxygens (including phenoxy) is 1. The average Bonchev–Trinajstić information content (AvgIpc) is 2.89. The smallest absolute Gasteiger partial charge is 0.375 e. The van der Waals surface area contributed by atoms with Gasteiger partial charge in [0.05, 0.1) is 5.02 Å². The molecule has 0 saturated heterocycles. The largest absolute Gasteiger partial charge is 0.450 e. The maximum atomic E-state index is 12.1. The fourth-order valence-corrected chi connectivity index (χ4v) is 2.58. The third-order valence-electron chi connectivity index (χ3n) is 3.79. The first-order chi connectivity index (χ1) is 11.0. The Hall–Kier alpha value is -2.01. The van der Waals surface area contributed by atoms with Crippen LogP contribution in [0.15, 0.2) is 22.6 Å². The molecule has 5 nitrogen and oxygen atoms in total. The van der Waals surface area contributed by atoms with E-state index in [1.165, 1.54) is 0 Å². The number of benzene rings is 1. The van der Waals surface area contributed by atoms with E-state index in [-0.39, 0.29) is 24.3 Å². The van der Waals surface area contributed by atoms with E-state index in [9.17, 15) is 9.59 Å². The molecule has 0 spiro atoms. The molecule has 0 saturated carbocycles. The van der Waals surface area contributed by atoms with Gasteiger partial charge in [-0.15, -0.1) is 0 Å². The lowest BCUT2D eigenvalue weighted by Gasteiger charge is -2.14. The quantitative estimate of drug-likeness (QED) is 0.813. The van der Waals surface area contributed by atoms with Gasteiger partial charge in [-0.1, -0.05) is 37.6 Å². The summed E-state index contributed by atoms with van der Waals surface area (Å²) >= 11 is 6.05. The molecule has 1 aromatic heterocycles. The molecule has 0 aliphatic heterocycles. The minimum atomic E-state index is -0.672. The summed E-state index contributed by atoms with van der Waals surface area (Å²) in [7, 11) is 0. The van der Waals surface area contributed by atoms with E-state index in [1.54, 1.807) is 19.1 Å². The number of carbonyl (C=O) groups excluding carboxylic acids is 2. The number of amides is 1. The molecule has 0 aliphatic carbocycles. The van der Waals surface area contributed by atoms with Crippen molar-refractivity contribution < 1.29 is 18.7 Å². The van der Waals surface area contributed by atoms with E-state index < -0.39 is 5.97 Å². The number of nitrogens with one attached hydrogen (secondary N) is 1. The second-order valence-corrected chi connectivity index (χ2v) is 5.74. The molecule has 0 unspecified atom stereocenters. The zero-order valence-electron chi connectivity index (χ0n) is 13.4. The van der Waals surface area contributed by atoms with Gasteiger partial charge in [-0.3, -0.25) is 4.79 Å². The van der Waals surface area contributed by atoms with E-state index in [2.05, 4.69) is 5.32 Å². The summed E-state index contributed by atoms with van der Waals surface area (Å²) in [5.41, 5.74) is 1.09. The third-order valence-corrected chi connectivity index (χ3v) is 4.08. The number of hydrogen-bond donors (Lipinski definition) is 1. The predicted octanol–water partition coefficient (Wildman–Crippen LogP) is 3.86. The second-order valence-electron chi connectivity index (χ2n) is 5.33. The van der Waals surface area contributed by atoms with Crippen LogP contribution in [0.4, 0.5) is 0 Å². The third kappa shape index (κ3) is 3.85. The maximum Gasteiger partial charge on any atom is 0.375 e. The summed E-state index contributed by atoms with van der Waals surface area (Å²) < 4.78 is 10.6. The lowest BCUT2D eigenvalue weighted by Crippen LogP contribution is -2.36. The van der Waals surface area contributed by atoms with E-state index >= 15 is 0 Å². The number of aryl methyl sites for hydroxylation is 1. The number of esters is 1. The van der Waals surface area contributed by atoms with Crippen molar-refractivity contribution in [3.8, 4) is 0 Å². The first-order valence-electron chi connectivity index (χ1n) is 7.62. The lowest BCUT2D eigenvalue weighted by molar-refractivity contribution is -0.125. The molecule has 0 radical (unpaired) electrons. The standard InChI is InChI=1S/C17H20ClNO4/c1-4-11(5-2)19-14(20)9-22-17(21)15-10(3)12-7-6-8-13(18)16(12)23-15/h6-8,11H,4-5,9H2,1-3H3,(H,19,20). The maximum absolute atomic E-state index is 12.1. The van der Waals surface area contributed by atoms with Crippen LogP contribution in [0.1, 0.15) is 42.8 Å². The van der Waals surface area contributed by atoms with Crippen LogP contribution in [0.5, 0.6) is 0 Å². The van der Waals surface area contributed by atoms with Gasteiger partial charge in [0.2, 0.25) is 5.76 Å². The lowest BCUT2D eigenvalue weighted by atomic mass is 10.1. The van der Waals surface area contributed by atoms with Crippen molar-refractivity contribution in [2.24, 2.45) is 0 Å². The molecule has 0 fully saturated rings. The predicted molar refractivity (Wildman–Crippen MR) is 88.8 cm³/mol. The van der Waals surface area contributed by atoms with Crippen LogP contribution < -0.4 is 5.32 Å². The normalized spacial score (nSPS) is 11.0. The summed E-state index contributed by atoms with van der Waals surface area (Å²) in [5, 5.41) is 3.99. The molecule has 1 N–H and O–H groups in total. The van der Waals surface area contributed by atoms with Crippen molar-refractivity contribution in [3.05, 3.63) is 34.5 Å². The van der Waals surface area contributed by atoms with E-state index in [0.717, 1.165) is 18.2 Å². The van der Waals surface area contributed by atoms with Gasteiger partial charge < -0.3 is 14.5 Å². The second kappa shape index (κ2) is 7.51. The molecule has 124 valence electrons. The zero-order valence-corrected chi connectivity index (χ0v) is 14.2. The fraction of sp³-hybridized carbons (Fsp3) is 0.412. The van der Waals surface area contributed by atoms with Crippen LogP contribution in [-0.2, 0) is 9.53 Å². The van der Waals surface area contributed by atoms with E-state index in [4.69, 9.17) is 20.8 Å². The van der Waals surface area contributed by atoms with Crippen molar-refractivity contribution in [1.82, 2.24) is 5.32 Å². The minimum absolute atomic E-state index is 0.0726. The molecule has 2 aromatic rings. The van der Waals surface area contributed by atoms with Crippen LogP contribution in [0.3, 0.4) is 0 Å². The molecule has 6 heteroatoms. The van der Waals surface area contributed by atoms with Crippen LogP contribution in [0.2, 0.25) is 5.02 Å². The summed E-state index contributed by atoms with van der Waals surface area (Å²) in [6, 6.07) is 5.38. The Labute approximate surface area is 139 Å². The number of furan rings is 1. The van der Waals surface area contributed by atoms with Gasteiger partial charge in [-0.2, -0.15) is 0 Å². The average molecular weight is 338 g/mol. The van der Waals surface area contributed by atoms with Gasteiger partial charge in [0.25, 0.3) is 5.91 Å². The summed E-state index contributed by atoms with van der Waals surface area (Å²) in [6.45, 7) is 5.40. The molecule has 0 atom stereocenters. The van der Waals surface area contributed by atoms with Gasteiger partial charge in [-0.05, 0) is 25.8 Å². The minimum Gasteiger partial charge on any atom is -0.450 e.